The van der Waals surface area contributed by atoms with E-state index in [1.54, 1.807) is 31.4 Å². The first-order chi connectivity index (χ1) is 21.5. The van der Waals surface area contributed by atoms with Gasteiger partial charge in [-0.15, -0.1) is 18.3 Å². The monoisotopic (exact) mass is 639 g/mol. The van der Waals surface area contributed by atoms with Crippen LogP contribution in [0, 0.1) is 6.92 Å². The second-order valence-electron chi connectivity index (χ2n) is 9.89. The Hall–Kier alpha value is -4.89. The number of thioether (sulfide) groups is 1. The number of urea groups is 1. The molecule has 234 valence electrons. The Kier molecular flexibility index (Phi) is 9.39. The Bertz CT molecular complexity index is 1710. The van der Waals surface area contributed by atoms with Crippen molar-refractivity contribution in [2.75, 3.05) is 28.4 Å². The van der Waals surface area contributed by atoms with Gasteiger partial charge in [-0.05, 0) is 67.4 Å². The van der Waals surface area contributed by atoms with Crippen molar-refractivity contribution in [1.29, 1.82) is 0 Å². The van der Waals surface area contributed by atoms with Crippen molar-refractivity contribution in [1.82, 2.24) is 14.8 Å². The normalized spacial score (nSPS) is 14.9. The van der Waals surface area contributed by atoms with E-state index in [0.717, 1.165) is 16.7 Å². The van der Waals surface area contributed by atoms with Crippen molar-refractivity contribution >= 4 is 46.2 Å². The minimum absolute atomic E-state index is 0.166. The Balaban J connectivity index is 1.18. The van der Waals surface area contributed by atoms with Gasteiger partial charge >= 0.3 is 12.4 Å². The lowest BCUT2D eigenvalue weighted by molar-refractivity contribution is -0.274. The smallest absolute Gasteiger partial charge is 0.406 e. The Morgan fingerprint density at radius 2 is 1.84 bits per heavy atom. The van der Waals surface area contributed by atoms with Gasteiger partial charge < -0.3 is 20.1 Å². The highest BCUT2D eigenvalue weighted by molar-refractivity contribution is 8.15. The Morgan fingerprint density at radius 1 is 1.11 bits per heavy atom. The van der Waals surface area contributed by atoms with Gasteiger partial charge in [0.2, 0.25) is 11.9 Å². The Labute approximate surface area is 260 Å². The van der Waals surface area contributed by atoms with Crippen LogP contribution in [0.1, 0.15) is 29.7 Å². The predicted molar refractivity (Wildman–Crippen MR) is 165 cm³/mol. The number of hydrogen-bond donors (Lipinski definition) is 2. The number of aryl methyl sites for hydroxylation is 1. The summed E-state index contributed by atoms with van der Waals surface area (Å²) in [7, 11) is 1.59. The summed E-state index contributed by atoms with van der Waals surface area (Å²) in [5.74, 6) is -0.0338. The van der Waals surface area contributed by atoms with Gasteiger partial charge in [0, 0.05) is 24.9 Å². The van der Waals surface area contributed by atoms with Crippen LogP contribution in [-0.4, -0.2) is 51.1 Å². The van der Waals surface area contributed by atoms with E-state index in [2.05, 4.69) is 30.4 Å². The molecule has 5 rings (SSSR count). The molecule has 1 fully saturated rings. The molecule has 1 atom stereocenters. The van der Waals surface area contributed by atoms with E-state index in [4.69, 9.17) is 4.74 Å². The van der Waals surface area contributed by atoms with Crippen LogP contribution in [0.5, 0.6) is 5.75 Å². The molecule has 3 aromatic carbocycles. The summed E-state index contributed by atoms with van der Waals surface area (Å²) < 4.78 is 47.9. The van der Waals surface area contributed by atoms with Gasteiger partial charge in [0.05, 0.1) is 23.2 Å². The molecule has 45 heavy (non-hydrogen) atoms. The van der Waals surface area contributed by atoms with Crippen molar-refractivity contribution in [3.63, 3.8) is 0 Å². The first-order valence-corrected chi connectivity index (χ1v) is 14.6. The zero-order valence-corrected chi connectivity index (χ0v) is 25.1. The third kappa shape index (κ3) is 7.99. The summed E-state index contributed by atoms with van der Waals surface area (Å²) in [6.45, 7) is 4.18. The minimum Gasteiger partial charge on any atom is -0.406 e. The second kappa shape index (κ2) is 13.4. The van der Waals surface area contributed by atoms with Gasteiger partial charge in [0.15, 0.2) is 5.17 Å². The molecule has 0 bridgehead atoms. The molecule has 1 aliphatic heterocycles. The van der Waals surface area contributed by atoms with Crippen molar-refractivity contribution in [3.05, 3.63) is 89.7 Å². The summed E-state index contributed by atoms with van der Waals surface area (Å²) in [6, 6.07) is 17.4. The third-order valence-corrected chi connectivity index (χ3v) is 7.59. The van der Waals surface area contributed by atoms with E-state index >= 15 is 0 Å². The number of carbonyl (C=O) groups excluding carboxylic acids is 2. The van der Waals surface area contributed by atoms with Crippen LogP contribution in [0.15, 0.2) is 78.0 Å². The van der Waals surface area contributed by atoms with Crippen molar-refractivity contribution < 1.29 is 32.2 Å². The molecule has 11 nitrogen and oxygen atoms in total. The SMILES string of the molecule is COC(C)c1ccc(C)cc1N1C(=O)CS/C1=N\C(=O)Nc1ccc(CNc2ncn(-c3ccc(OC(F)(F)F)cc3)n2)cc1. The highest BCUT2D eigenvalue weighted by Crippen LogP contribution is 2.34. The van der Waals surface area contributed by atoms with Crippen LogP contribution < -0.4 is 20.3 Å². The number of ether oxygens (including phenoxy) is 2. The van der Waals surface area contributed by atoms with Crippen molar-refractivity contribution in [2.24, 2.45) is 4.99 Å². The molecular weight excluding hydrogens is 611 g/mol. The molecule has 3 amide bonds. The molecule has 0 aliphatic carbocycles. The number of benzene rings is 3. The fourth-order valence-electron chi connectivity index (χ4n) is 4.39. The highest BCUT2D eigenvalue weighted by atomic mass is 32.2. The molecule has 1 aromatic heterocycles. The fourth-order valence-corrected chi connectivity index (χ4v) is 5.25. The van der Waals surface area contributed by atoms with Crippen molar-refractivity contribution in [3.8, 4) is 11.4 Å². The summed E-state index contributed by atoms with van der Waals surface area (Å²) >= 11 is 1.19. The van der Waals surface area contributed by atoms with E-state index in [-0.39, 0.29) is 28.7 Å². The zero-order valence-electron chi connectivity index (χ0n) is 24.3. The minimum atomic E-state index is -4.77. The lowest BCUT2D eigenvalue weighted by Gasteiger charge is -2.23. The Morgan fingerprint density at radius 3 is 2.53 bits per heavy atom. The summed E-state index contributed by atoms with van der Waals surface area (Å²) in [6.07, 6.45) is -3.61. The van der Waals surface area contributed by atoms with Crippen LogP contribution in [0.25, 0.3) is 5.69 Å². The molecule has 4 aromatic rings. The van der Waals surface area contributed by atoms with Crippen LogP contribution >= 0.6 is 11.8 Å². The lowest BCUT2D eigenvalue weighted by atomic mass is 10.0. The van der Waals surface area contributed by atoms with Gasteiger partial charge in [0.25, 0.3) is 0 Å². The maximum atomic E-state index is 12.8. The zero-order chi connectivity index (χ0) is 32.1. The third-order valence-electron chi connectivity index (χ3n) is 6.66. The number of nitrogens with one attached hydrogen (secondary N) is 2. The molecule has 2 heterocycles. The fraction of sp³-hybridized carbons (Fsp3) is 0.233. The first-order valence-electron chi connectivity index (χ1n) is 13.6. The number of halogens is 3. The van der Waals surface area contributed by atoms with Crippen LogP contribution in [0.2, 0.25) is 0 Å². The number of rotatable bonds is 9. The molecule has 0 radical (unpaired) electrons. The first kappa shape index (κ1) is 31.5. The average Bonchev–Trinajstić information content (AvgIpc) is 3.62. The maximum absolute atomic E-state index is 12.8. The van der Waals surface area contributed by atoms with Crippen LogP contribution in [-0.2, 0) is 16.1 Å². The van der Waals surface area contributed by atoms with E-state index in [1.165, 1.54) is 51.9 Å². The molecule has 0 saturated carbocycles. The van der Waals surface area contributed by atoms with Gasteiger partial charge in [-0.3, -0.25) is 9.69 Å². The second-order valence-corrected chi connectivity index (χ2v) is 10.8. The van der Waals surface area contributed by atoms with Crippen LogP contribution in [0.3, 0.4) is 0 Å². The van der Waals surface area contributed by atoms with E-state index in [9.17, 15) is 22.8 Å². The van der Waals surface area contributed by atoms with Gasteiger partial charge in [-0.2, -0.15) is 4.99 Å². The van der Waals surface area contributed by atoms with E-state index in [1.807, 2.05) is 32.0 Å². The van der Waals surface area contributed by atoms with Gasteiger partial charge in [0.1, 0.15) is 12.1 Å². The number of nitrogens with zero attached hydrogens (tertiary/aromatic N) is 5. The summed E-state index contributed by atoms with van der Waals surface area (Å²) in [5.41, 5.74) is 4.28. The molecule has 2 N–H and O–H groups in total. The lowest BCUT2D eigenvalue weighted by Crippen LogP contribution is -2.31. The quantitative estimate of drug-likeness (QED) is 0.214. The van der Waals surface area contributed by atoms with Crippen LogP contribution in [0.4, 0.5) is 35.3 Å². The highest BCUT2D eigenvalue weighted by Gasteiger charge is 2.33. The van der Waals surface area contributed by atoms with E-state index < -0.39 is 12.4 Å². The topological polar surface area (TPSA) is 123 Å². The molecule has 1 unspecified atom stereocenters. The predicted octanol–water partition coefficient (Wildman–Crippen LogP) is 6.46. The van der Waals surface area contributed by atoms with Gasteiger partial charge in [-0.1, -0.05) is 36.0 Å². The number of methoxy groups -OCH3 is 1. The number of amidine groups is 1. The van der Waals surface area contributed by atoms with Crippen molar-refractivity contribution in [2.45, 2.75) is 32.9 Å². The number of aliphatic imine (C=N–C) groups is 1. The number of carbonyl (C=O) groups is 2. The molecule has 1 aliphatic rings. The molecule has 0 spiro atoms. The number of anilines is 3. The van der Waals surface area contributed by atoms with E-state index in [0.29, 0.717) is 29.6 Å². The molecule has 15 heteroatoms. The number of amides is 3. The average molecular weight is 640 g/mol. The summed E-state index contributed by atoms with van der Waals surface area (Å²) in [4.78, 5) is 35.5. The summed E-state index contributed by atoms with van der Waals surface area (Å²) in [5, 5.41) is 10.4. The standard InChI is InChI=1S/C30H28F3N7O4S/c1-18-4-13-24(19(2)43-3)25(14-18)40-26(41)16-45-29(40)37-28(42)36-21-7-5-20(6-8-21)15-34-27-35-17-39(38-27)22-9-11-23(12-10-22)44-30(31,32)33/h4-14,17,19H,15-16H2,1-3H3,(H,34,38)(H,36,42)/b37-29-. The van der Waals surface area contributed by atoms with Gasteiger partial charge in [-0.25, -0.2) is 14.5 Å². The molecular formula is C30H28F3N7O4S. The number of alkyl halides is 3. The maximum Gasteiger partial charge on any atom is 0.573 e. The molecule has 1 saturated heterocycles. The largest absolute Gasteiger partial charge is 0.573 e. The number of hydrogen-bond acceptors (Lipinski definition) is 8. The number of aromatic nitrogens is 3.